The molecule has 0 aromatic rings. The summed E-state index contributed by atoms with van der Waals surface area (Å²) >= 11 is 0. The van der Waals surface area contributed by atoms with Gasteiger partial charge < -0.3 is 10.5 Å². The van der Waals surface area contributed by atoms with Gasteiger partial charge in [-0.15, -0.1) is 0 Å². The number of likely N-dealkylation sites (N-methyl/N-ethyl adjacent to an activating group) is 1. The molecular formula is C18H36N2O. The van der Waals surface area contributed by atoms with E-state index in [4.69, 9.17) is 10.5 Å². The maximum Gasteiger partial charge on any atom is 0.0703 e. The Morgan fingerprint density at radius 3 is 2.62 bits per heavy atom. The summed E-state index contributed by atoms with van der Waals surface area (Å²) in [7, 11) is 0. The molecule has 0 aromatic carbocycles. The molecule has 0 radical (unpaired) electrons. The van der Waals surface area contributed by atoms with Crippen molar-refractivity contribution in [3.05, 3.63) is 0 Å². The van der Waals surface area contributed by atoms with Crippen LogP contribution in [0.1, 0.15) is 71.6 Å². The highest BCUT2D eigenvalue weighted by Crippen LogP contribution is 2.36. The van der Waals surface area contributed by atoms with Crippen LogP contribution >= 0.6 is 0 Å². The van der Waals surface area contributed by atoms with E-state index in [1.54, 1.807) is 0 Å². The summed E-state index contributed by atoms with van der Waals surface area (Å²) in [6, 6.07) is 0. The van der Waals surface area contributed by atoms with Gasteiger partial charge in [-0.1, -0.05) is 39.5 Å². The van der Waals surface area contributed by atoms with Crippen LogP contribution in [-0.4, -0.2) is 42.8 Å². The predicted molar refractivity (Wildman–Crippen MR) is 89.5 cm³/mol. The van der Waals surface area contributed by atoms with E-state index in [1.165, 1.54) is 57.8 Å². The van der Waals surface area contributed by atoms with Gasteiger partial charge in [-0.05, 0) is 44.6 Å². The number of nitrogens with zero attached hydrogens (tertiary/aromatic N) is 1. The molecule has 0 aromatic heterocycles. The average Bonchev–Trinajstić information content (AvgIpc) is 2.93. The molecule has 2 aliphatic rings. The smallest absolute Gasteiger partial charge is 0.0703 e. The van der Waals surface area contributed by atoms with Crippen LogP contribution in [0, 0.1) is 5.92 Å². The second-order valence-corrected chi connectivity index (χ2v) is 7.19. The molecule has 0 spiro atoms. The lowest BCUT2D eigenvalue weighted by Crippen LogP contribution is -2.55. The lowest BCUT2D eigenvalue weighted by atomic mass is 9.86. The number of hydrogen-bond donors (Lipinski definition) is 1. The van der Waals surface area contributed by atoms with Crippen LogP contribution in [0.5, 0.6) is 0 Å². The molecule has 2 N–H and O–H groups in total. The second kappa shape index (κ2) is 8.50. The van der Waals surface area contributed by atoms with Gasteiger partial charge in [-0.25, -0.2) is 0 Å². The number of hydrogen-bond acceptors (Lipinski definition) is 3. The van der Waals surface area contributed by atoms with Gasteiger partial charge in [0.2, 0.25) is 0 Å². The van der Waals surface area contributed by atoms with Gasteiger partial charge in [0.1, 0.15) is 0 Å². The fraction of sp³-hybridized carbons (Fsp3) is 1.00. The molecule has 3 heteroatoms. The van der Waals surface area contributed by atoms with Gasteiger partial charge in [-0.3, -0.25) is 4.90 Å². The fourth-order valence-corrected chi connectivity index (χ4v) is 4.50. The maximum atomic E-state index is 6.30. The van der Waals surface area contributed by atoms with E-state index in [0.29, 0.717) is 6.10 Å². The summed E-state index contributed by atoms with van der Waals surface area (Å²) in [5.41, 5.74) is 6.53. The highest BCUT2D eigenvalue weighted by molar-refractivity contribution is 4.95. The summed E-state index contributed by atoms with van der Waals surface area (Å²) in [5.74, 6) is 0.935. The van der Waals surface area contributed by atoms with E-state index < -0.39 is 0 Å². The predicted octanol–water partition coefficient (Wildman–Crippen LogP) is 3.57. The number of nitrogens with two attached hydrogens (primary N) is 1. The molecule has 2 fully saturated rings. The number of rotatable bonds is 7. The molecule has 124 valence electrons. The molecule has 0 bridgehead atoms. The first kappa shape index (κ1) is 17.2. The van der Waals surface area contributed by atoms with Gasteiger partial charge in [0, 0.05) is 25.2 Å². The average molecular weight is 296 g/mol. The third-order valence-corrected chi connectivity index (χ3v) is 5.85. The molecule has 2 rings (SSSR count). The van der Waals surface area contributed by atoms with E-state index in [1.807, 2.05) is 0 Å². The molecule has 21 heavy (non-hydrogen) atoms. The van der Waals surface area contributed by atoms with Crippen LogP contribution in [0.25, 0.3) is 0 Å². The van der Waals surface area contributed by atoms with Crippen molar-refractivity contribution in [3.63, 3.8) is 0 Å². The van der Waals surface area contributed by atoms with Crippen molar-refractivity contribution < 1.29 is 4.74 Å². The molecule has 3 unspecified atom stereocenters. The molecule has 1 heterocycles. The zero-order valence-electron chi connectivity index (χ0n) is 14.3. The van der Waals surface area contributed by atoms with Crippen molar-refractivity contribution in [3.8, 4) is 0 Å². The molecule has 1 aliphatic heterocycles. The molecule has 1 saturated carbocycles. The number of ether oxygens (including phenoxy) is 1. The topological polar surface area (TPSA) is 38.5 Å². The quantitative estimate of drug-likeness (QED) is 0.730. The highest BCUT2D eigenvalue weighted by Gasteiger charge is 2.38. The minimum absolute atomic E-state index is 0.239. The summed E-state index contributed by atoms with van der Waals surface area (Å²) < 4.78 is 5.87. The van der Waals surface area contributed by atoms with E-state index >= 15 is 0 Å². The van der Waals surface area contributed by atoms with Crippen LogP contribution in [-0.2, 0) is 4.74 Å². The lowest BCUT2D eigenvalue weighted by Gasteiger charge is -2.44. The van der Waals surface area contributed by atoms with Crippen LogP contribution in [0.2, 0.25) is 0 Å². The third-order valence-electron chi connectivity index (χ3n) is 5.85. The monoisotopic (exact) mass is 296 g/mol. The lowest BCUT2D eigenvalue weighted by molar-refractivity contribution is 0.0164. The normalized spacial score (nSPS) is 34.3. The van der Waals surface area contributed by atoms with Crippen molar-refractivity contribution in [2.24, 2.45) is 11.7 Å². The molecule has 3 atom stereocenters. The zero-order valence-corrected chi connectivity index (χ0v) is 14.3. The van der Waals surface area contributed by atoms with Crippen molar-refractivity contribution in [2.45, 2.75) is 83.3 Å². The van der Waals surface area contributed by atoms with Crippen molar-refractivity contribution in [1.29, 1.82) is 0 Å². The van der Waals surface area contributed by atoms with E-state index in [0.717, 1.165) is 32.2 Å². The van der Waals surface area contributed by atoms with Crippen LogP contribution < -0.4 is 5.73 Å². The van der Waals surface area contributed by atoms with Gasteiger partial charge in [0.15, 0.2) is 0 Å². The van der Waals surface area contributed by atoms with Crippen LogP contribution in [0.15, 0.2) is 0 Å². The minimum atomic E-state index is 0.239. The second-order valence-electron chi connectivity index (χ2n) is 7.19. The summed E-state index contributed by atoms with van der Waals surface area (Å²) in [4.78, 5) is 2.66. The minimum Gasteiger partial charge on any atom is -0.377 e. The van der Waals surface area contributed by atoms with Crippen molar-refractivity contribution in [1.82, 2.24) is 4.90 Å². The molecule has 0 amide bonds. The SMILES string of the molecule is CCCC1CCCC(CN)(N(CC)CC2CCCO2)CC1. The van der Waals surface area contributed by atoms with E-state index in [9.17, 15) is 0 Å². The van der Waals surface area contributed by atoms with Crippen LogP contribution in [0.3, 0.4) is 0 Å². The summed E-state index contributed by atoms with van der Waals surface area (Å²) in [6.45, 7) is 8.57. The van der Waals surface area contributed by atoms with Gasteiger partial charge in [0.25, 0.3) is 0 Å². The van der Waals surface area contributed by atoms with Crippen molar-refractivity contribution in [2.75, 3.05) is 26.2 Å². The Balaban J connectivity index is 1.99. The first-order valence-corrected chi connectivity index (χ1v) is 9.30. The largest absolute Gasteiger partial charge is 0.377 e. The van der Waals surface area contributed by atoms with Crippen LogP contribution in [0.4, 0.5) is 0 Å². The summed E-state index contributed by atoms with van der Waals surface area (Å²) in [6.07, 6.45) is 12.3. The van der Waals surface area contributed by atoms with Crippen molar-refractivity contribution >= 4 is 0 Å². The highest BCUT2D eigenvalue weighted by atomic mass is 16.5. The Morgan fingerprint density at radius 2 is 2.00 bits per heavy atom. The van der Waals surface area contributed by atoms with Gasteiger partial charge >= 0.3 is 0 Å². The fourth-order valence-electron chi connectivity index (χ4n) is 4.50. The van der Waals surface area contributed by atoms with E-state index in [-0.39, 0.29) is 5.54 Å². The molecule has 1 aliphatic carbocycles. The molecule has 3 nitrogen and oxygen atoms in total. The van der Waals surface area contributed by atoms with Gasteiger partial charge in [-0.2, -0.15) is 0 Å². The Kier molecular flexibility index (Phi) is 6.97. The first-order valence-electron chi connectivity index (χ1n) is 9.30. The molecular weight excluding hydrogens is 260 g/mol. The third kappa shape index (κ3) is 4.43. The first-order chi connectivity index (χ1) is 10.2. The zero-order chi connectivity index (χ0) is 15.1. The molecule has 1 saturated heterocycles. The Bertz CT molecular complexity index is 291. The maximum absolute atomic E-state index is 6.30. The standard InChI is InChI=1S/C18H36N2O/c1-3-7-16-8-5-11-18(15-19,12-10-16)20(4-2)14-17-9-6-13-21-17/h16-17H,3-15,19H2,1-2H3. The summed E-state index contributed by atoms with van der Waals surface area (Å²) in [5, 5.41) is 0. The Hall–Kier alpha value is -0.120. The van der Waals surface area contributed by atoms with Gasteiger partial charge in [0.05, 0.1) is 6.10 Å². The Labute approximate surface area is 131 Å². The van der Waals surface area contributed by atoms with E-state index in [2.05, 4.69) is 18.7 Å². The Morgan fingerprint density at radius 1 is 1.14 bits per heavy atom.